The van der Waals surface area contributed by atoms with E-state index in [0.717, 1.165) is 0 Å². The molecular weight excluding hydrogens is 326 g/mol. The summed E-state index contributed by atoms with van der Waals surface area (Å²) in [5.41, 5.74) is -0.226. The van der Waals surface area contributed by atoms with E-state index in [1.807, 2.05) is 0 Å². The van der Waals surface area contributed by atoms with Gasteiger partial charge >= 0.3 is 0 Å². The van der Waals surface area contributed by atoms with Gasteiger partial charge in [0.25, 0.3) is 10.0 Å². The number of allylic oxidation sites excluding steroid dienone is 1. The minimum atomic E-state index is -3.92. The quantitative estimate of drug-likeness (QED) is 0.620. The number of hydrogen-bond acceptors (Lipinski definition) is 4. The van der Waals surface area contributed by atoms with E-state index < -0.39 is 27.3 Å². The highest BCUT2D eigenvalue weighted by molar-refractivity contribution is 7.90. The van der Waals surface area contributed by atoms with Gasteiger partial charge in [-0.05, 0) is 24.3 Å². The van der Waals surface area contributed by atoms with Crippen molar-refractivity contribution in [3.63, 3.8) is 0 Å². The lowest BCUT2D eigenvalue weighted by Gasteiger charge is -2.20. The van der Waals surface area contributed by atoms with Crippen molar-refractivity contribution in [1.29, 1.82) is 0 Å². The normalized spacial score (nSPS) is 18.3. The van der Waals surface area contributed by atoms with Crippen LogP contribution in [0, 0.1) is 0 Å². The van der Waals surface area contributed by atoms with Crippen molar-refractivity contribution in [2.24, 2.45) is 0 Å². The number of carbonyl (C=O) groups excluding carboxylic acids is 1. The van der Waals surface area contributed by atoms with Crippen molar-refractivity contribution in [3.05, 3.63) is 70.4 Å². The van der Waals surface area contributed by atoms with Crippen LogP contribution < -0.4 is 4.72 Å². The fourth-order valence-electron chi connectivity index (χ4n) is 2.20. The van der Waals surface area contributed by atoms with Gasteiger partial charge in [0.05, 0.1) is 9.92 Å². The molecule has 3 rings (SSSR count). The van der Waals surface area contributed by atoms with Gasteiger partial charge in [-0.1, -0.05) is 35.9 Å². The summed E-state index contributed by atoms with van der Waals surface area (Å²) in [4.78, 5) is 12.3. The number of carbonyl (C=O) groups is 1. The Bertz CT molecular complexity index is 919. The molecule has 22 heavy (non-hydrogen) atoms. The summed E-state index contributed by atoms with van der Waals surface area (Å²) in [6, 6.07) is 12.1. The van der Waals surface area contributed by atoms with Crippen molar-refractivity contribution < 1.29 is 18.3 Å². The number of benzene rings is 2. The molecule has 0 radical (unpaired) electrons. The number of halogens is 1. The molecule has 0 aromatic heterocycles. The number of fused-ring (bicyclic) bond motifs is 1. The number of ketones is 1. The molecule has 0 bridgehead atoms. The molecule has 7 heteroatoms. The Labute approximate surface area is 131 Å². The molecule has 0 unspecified atom stereocenters. The SMILES string of the molecule is O=C1/C(=C(\O)c2ccccc2Cl)NS(=O)(=O)c2ccccc21. The van der Waals surface area contributed by atoms with E-state index in [0.29, 0.717) is 0 Å². The standard InChI is InChI=1S/C15H10ClNO4S/c16-11-7-3-1-5-9(11)14(18)13-15(19)10-6-2-4-8-12(10)22(20,21)17-13/h1-8,17-18H/b14-13+. The van der Waals surface area contributed by atoms with Crippen LogP contribution in [0.1, 0.15) is 15.9 Å². The summed E-state index contributed by atoms with van der Waals surface area (Å²) in [5, 5.41) is 10.5. The molecule has 2 N–H and O–H groups in total. The zero-order valence-electron chi connectivity index (χ0n) is 11.1. The van der Waals surface area contributed by atoms with Crippen LogP contribution in [0.3, 0.4) is 0 Å². The minimum Gasteiger partial charge on any atom is -0.505 e. The molecule has 0 aliphatic carbocycles. The third-order valence-corrected chi connectivity index (χ3v) is 4.99. The Morgan fingerprint density at radius 3 is 2.41 bits per heavy atom. The molecular formula is C15H10ClNO4S. The summed E-state index contributed by atoms with van der Waals surface area (Å²) in [6.45, 7) is 0. The second-order valence-corrected chi connectivity index (χ2v) is 6.69. The lowest BCUT2D eigenvalue weighted by atomic mass is 10.0. The number of rotatable bonds is 1. The number of sulfonamides is 1. The zero-order chi connectivity index (χ0) is 15.9. The van der Waals surface area contributed by atoms with Crippen LogP contribution in [0.25, 0.3) is 5.76 Å². The van der Waals surface area contributed by atoms with Gasteiger partial charge in [0, 0.05) is 11.1 Å². The van der Waals surface area contributed by atoms with Crippen molar-refractivity contribution in [2.45, 2.75) is 4.90 Å². The maximum atomic E-state index is 12.4. The molecule has 0 saturated carbocycles. The molecule has 2 aromatic rings. The average Bonchev–Trinajstić information content (AvgIpc) is 2.51. The van der Waals surface area contributed by atoms with Crippen LogP contribution in [0.15, 0.2) is 59.1 Å². The van der Waals surface area contributed by atoms with E-state index in [1.165, 1.54) is 30.3 Å². The number of aliphatic hydroxyl groups excluding tert-OH is 1. The van der Waals surface area contributed by atoms with Gasteiger partial charge in [-0.3, -0.25) is 9.52 Å². The van der Waals surface area contributed by atoms with Crippen LogP contribution in [-0.4, -0.2) is 19.3 Å². The van der Waals surface area contributed by atoms with Gasteiger partial charge in [-0.2, -0.15) is 0 Å². The maximum Gasteiger partial charge on any atom is 0.262 e. The highest BCUT2D eigenvalue weighted by Crippen LogP contribution is 2.30. The van der Waals surface area contributed by atoms with E-state index in [1.54, 1.807) is 18.2 Å². The molecule has 0 saturated heterocycles. The third-order valence-electron chi connectivity index (χ3n) is 3.25. The van der Waals surface area contributed by atoms with E-state index in [4.69, 9.17) is 11.6 Å². The second kappa shape index (κ2) is 5.15. The highest BCUT2D eigenvalue weighted by atomic mass is 35.5. The van der Waals surface area contributed by atoms with Gasteiger partial charge < -0.3 is 5.11 Å². The first-order valence-electron chi connectivity index (χ1n) is 6.26. The first-order chi connectivity index (χ1) is 10.4. The number of Topliss-reactive ketones (excluding diaryl/α,β-unsaturated/α-hetero) is 1. The average molecular weight is 336 g/mol. The fourth-order valence-corrected chi connectivity index (χ4v) is 3.70. The predicted octanol–water partition coefficient (Wildman–Crippen LogP) is 2.74. The van der Waals surface area contributed by atoms with Crippen LogP contribution in [0.2, 0.25) is 5.02 Å². The van der Waals surface area contributed by atoms with Gasteiger partial charge in [0.15, 0.2) is 5.76 Å². The first-order valence-corrected chi connectivity index (χ1v) is 8.12. The number of aliphatic hydroxyl groups is 1. The molecule has 5 nitrogen and oxygen atoms in total. The maximum absolute atomic E-state index is 12.4. The fraction of sp³-hybridized carbons (Fsp3) is 0. The molecule has 0 spiro atoms. The monoisotopic (exact) mass is 335 g/mol. The Morgan fingerprint density at radius 1 is 1.05 bits per heavy atom. The van der Waals surface area contributed by atoms with Crippen LogP contribution in [0.4, 0.5) is 0 Å². The van der Waals surface area contributed by atoms with E-state index in [9.17, 15) is 18.3 Å². The van der Waals surface area contributed by atoms with Gasteiger partial charge in [0.1, 0.15) is 5.70 Å². The summed E-state index contributed by atoms with van der Waals surface area (Å²) >= 11 is 5.97. The van der Waals surface area contributed by atoms with E-state index >= 15 is 0 Å². The van der Waals surface area contributed by atoms with Gasteiger partial charge in [-0.15, -0.1) is 0 Å². The van der Waals surface area contributed by atoms with E-state index in [-0.39, 0.29) is 21.0 Å². The zero-order valence-corrected chi connectivity index (χ0v) is 12.6. The summed E-state index contributed by atoms with van der Waals surface area (Å²) in [6.07, 6.45) is 0. The molecule has 2 aromatic carbocycles. The summed E-state index contributed by atoms with van der Waals surface area (Å²) in [7, 11) is -3.92. The third kappa shape index (κ3) is 2.26. The molecule has 1 aliphatic rings. The largest absolute Gasteiger partial charge is 0.505 e. The van der Waals surface area contributed by atoms with Crippen LogP contribution in [0.5, 0.6) is 0 Å². The smallest absolute Gasteiger partial charge is 0.262 e. The molecule has 1 aliphatic heterocycles. The summed E-state index contributed by atoms with van der Waals surface area (Å²) < 4.78 is 26.5. The Balaban J connectivity index is 2.25. The lowest BCUT2D eigenvalue weighted by molar-refractivity contribution is 0.102. The van der Waals surface area contributed by atoms with Gasteiger partial charge in [0.2, 0.25) is 5.78 Å². The summed E-state index contributed by atoms with van der Waals surface area (Å²) in [5.74, 6) is -1.11. The first kappa shape index (κ1) is 14.6. The molecule has 0 atom stereocenters. The Morgan fingerprint density at radius 2 is 1.68 bits per heavy atom. The lowest BCUT2D eigenvalue weighted by Crippen LogP contribution is -2.35. The van der Waals surface area contributed by atoms with E-state index in [2.05, 4.69) is 4.72 Å². The van der Waals surface area contributed by atoms with Crippen LogP contribution >= 0.6 is 11.6 Å². The number of hydrogen-bond donors (Lipinski definition) is 2. The van der Waals surface area contributed by atoms with Crippen molar-refractivity contribution in [3.8, 4) is 0 Å². The van der Waals surface area contributed by atoms with Crippen molar-refractivity contribution >= 4 is 33.2 Å². The molecule has 0 amide bonds. The van der Waals surface area contributed by atoms with Crippen molar-refractivity contribution in [1.82, 2.24) is 4.72 Å². The van der Waals surface area contributed by atoms with Crippen LogP contribution in [-0.2, 0) is 10.0 Å². The highest BCUT2D eigenvalue weighted by Gasteiger charge is 2.34. The second-order valence-electron chi connectivity index (χ2n) is 4.63. The topological polar surface area (TPSA) is 83.5 Å². The molecule has 0 fully saturated rings. The van der Waals surface area contributed by atoms with Crippen molar-refractivity contribution in [2.75, 3.05) is 0 Å². The Hall–Kier alpha value is -2.31. The Kier molecular flexibility index (Phi) is 3.42. The minimum absolute atomic E-state index is 0.00912. The molecule has 1 heterocycles. The van der Waals surface area contributed by atoms with Gasteiger partial charge in [-0.25, -0.2) is 8.42 Å². The number of nitrogens with one attached hydrogen (secondary N) is 1. The molecule has 112 valence electrons. The predicted molar refractivity (Wildman–Crippen MR) is 82.1 cm³/mol.